The molecule has 0 aromatic heterocycles. The van der Waals surface area contributed by atoms with Crippen molar-refractivity contribution in [2.45, 2.75) is 57.6 Å². The first-order chi connectivity index (χ1) is 11.8. The first-order valence-corrected chi connectivity index (χ1v) is 7.93. The van der Waals surface area contributed by atoms with Gasteiger partial charge in [0.2, 0.25) is 5.82 Å². The molecule has 2 rings (SSSR count). The van der Waals surface area contributed by atoms with Crippen molar-refractivity contribution in [3.05, 3.63) is 29.3 Å². The summed E-state index contributed by atoms with van der Waals surface area (Å²) in [6.07, 6.45) is -7.36. The van der Waals surface area contributed by atoms with Gasteiger partial charge in [-0.15, -0.1) is 0 Å². The fraction of sp³-hybridized carbons (Fsp3) is 0.588. The van der Waals surface area contributed by atoms with Crippen molar-refractivity contribution in [1.82, 2.24) is 0 Å². The van der Waals surface area contributed by atoms with Gasteiger partial charge in [-0.1, -0.05) is 13.0 Å². The van der Waals surface area contributed by atoms with E-state index in [0.717, 1.165) is 19.1 Å². The van der Waals surface area contributed by atoms with Crippen LogP contribution in [0.5, 0.6) is 5.75 Å². The van der Waals surface area contributed by atoms with E-state index in [9.17, 15) is 31.9 Å². The van der Waals surface area contributed by atoms with Crippen molar-refractivity contribution in [1.29, 1.82) is 0 Å². The number of carboxylic acids is 1. The summed E-state index contributed by atoms with van der Waals surface area (Å²) in [5.41, 5.74) is -2.94. The van der Waals surface area contributed by atoms with Crippen LogP contribution in [0.1, 0.15) is 39.2 Å². The van der Waals surface area contributed by atoms with E-state index in [-0.39, 0.29) is 5.56 Å². The predicted octanol–water partition coefficient (Wildman–Crippen LogP) is 4.28. The first-order valence-electron chi connectivity index (χ1n) is 7.93. The van der Waals surface area contributed by atoms with Crippen molar-refractivity contribution < 1.29 is 41.3 Å². The number of hydrogen-bond donors (Lipinski definition) is 1. The molecule has 0 spiro atoms. The van der Waals surface area contributed by atoms with Gasteiger partial charge in [0.15, 0.2) is 23.3 Å². The smallest absolute Gasteiger partial charge is 0.417 e. The third-order valence-electron chi connectivity index (χ3n) is 4.70. The SMILES string of the molecule is CC(C)Oc1c([C@H]2[C@H](C(=O)O)O[C@@](C)(C(F)(F)F)[C@H]2C)ccc(F)c1F. The summed E-state index contributed by atoms with van der Waals surface area (Å²) in [7, 11) is 0. The minimum absolute atomic E-state index is 0.175. The molecule has 1 N–H and O–H groups in total. The molecule has 1 heterocycles. The zero-order valence-electron chi connectivity index (χ0n) is 14.5. The minimum Gasteiger partial charge on any atom is -0.488 e. The molecule has 9 heteroatoms. The molecule has 0 unspecified atom stereocenters. The lowest BCUT2D eigenvalue weighted by atomic mass is 9.77. The Balaban J connectivity index is 2.65. The maximum Gasteiger partial charge on any atom is 0.417 e. The van der Waals surface area contributed by atoms with Gasteiger partial charge in [0.25, 0.3) is 0 Å². The van der Waals surface area contributed by atoms with Crippen LogP contribution in [0.25, 0.3) is 0 Å². The van der Waals surface area contributed by atoms with Crippen molar-refractivity contribution in [2.24, 2.45) is 5.92 Å². The van der Waals surface area contributed by atoms with Crippen molar-refractivity contribution in [3.63, 3.8) is 0 Å². The van der Waals surface area contributed by atoms with Crippen LogP contribution in [0.15, 0.2) is 12.1 Å². The van der Waals surface area contributed by atoms with E-state index in [1.165, 1.54) is 20.8 Å². The van der Waals surface area contributed by atoms with Gasteiger partial charge in [0.05, 0.1) is 6.10 Å². The van der Waals surface area contributed by atoms with Crippen LogP contribution >= 0.6 is 0 Å². The molecule has 0 bridgehead atoms. The molecule has 4 nitrogen and oxygen atoms in total. The van der Waals surface area contributed by atoms with E-state index in [0.29, 0.717) is 0 Å². The maximum atomic E-state index is 14.2. The number of aliphatic carboxylic acids is 1. The van der Waals surface area contributed by atoms with E-state index in [1.54, 1.807) is 0 Å². The zero-order valence-corrected chi connectivity index (χ0v) is 14.5. The van der Waals surface area contributed by atoms with Crippen LogP contribution < -0.4 is 4.74 Å². The molecule has 1 aliphatic rings. The van der Waals surface area contributed by atoms with Gasteiger partial charge in [0.1, 0.15) is 0 Å². The second kappa shape index (κ2) is 6.68. The molecular formula is C17H19F5O4. The lowest BCUT2D eigenvalue weighted by molar-refractivity contribution is -0.273. The quantitative estimate of drug-likeness (QED) is 0.790. The molecule has 1 aliphatic heterocycles. The normalized spacial score (nSPS) is 29.2. The highest BCUT2D eigenvalue weighted by atomic mass is 19.4. The Kier molecular flexibility index (Phi) is 5.24. The van der Waals surface area contributed by atoms with Gasteiger partial charge in [0, 0.05) is 17.4 Å². The van der Waals surface area contributed by atoms with Crippen LogP contribution in [-0.4, -0.2) is 35.1 Å². The summed E-state index contributed by atoms with van der Waals surface area (Å²) in [6.45, 7) is 4.96. The summed E-state index contributed by atoms with van der Waals surface area (Å²) in [5.74, 6) is -7.63. The van der Waals surface area contributed by atoms with Crippen LogP contribution in [-0.2, 0) is 9.53 Å². The predicted molar refractivity (Wildman–Crippen MR) is 81.0 cm³/mol. The highest BCUT2D eigenvalue weighted by molar-refractivity contribution is 5.75. The molecular weight excluding hydrogens is 363 g/mol. The standard InChI is InChI=1S/C17H19F5O4/c1-7(2)25-13-9(5-6-10(18)12(13)19)11-8(3)16(4,17(20,21)22)26-14(11)15(23)24/h5-8,11,14H,1-4H3,(H,23,24)/t8-,11-,14+,16+/m0/s1. The number of benzene rings is 1. The van der Waals surface area contributed by atoms with Crippen LogP contribution in [0.2, 0.25) is 0 Å². The lowest BCUT2D eigenvalue weighted by Crippen LogP contribution is -2.47. The minimum atomic E-state index is -4.85. The maximum absolute atomic E-state index is 14.2. The zero-order chi connectivity index (χ0) is 20.0. The number of halogens is 5. The van der Waals surface area contributed by atoms with E-state index in [2.05, 4.69) is 0 Å². The fourth-order valence-electron chi connectivity index (χ4n) is 3.18. The average molecular weight is 382 g/mol. The molecule has 4 atom stereocenters. The Labute approximate surface area is 146 Å². The molecule has 0 radical (unpaired) electrons. The second-order valence-corrected chi connectivity index (χ2v) is 6.74. The molecule has 1 saturated heterocycles. The number of carbonyl (C=O) groups is 1. The Hall–Kier alpha value is -1.90. The fourth-order valence-corrected chi connectivity index (χ4v) is 3.18. The van der Waals surface area contributed by atoms with Crippen molar-refractivity contribution in [2.75, 3.05) is 0 Å². The number of hydrogen-bond acceptors (Lipinski definition) is 3. The molecule has 1 fully saturated rings. The Morgan fingerprint density at radius 2 is 1.88 bits per heavy atom. The molecule has 0 saturated carbocycles. The summed E-state index contributed by atoms with van der Waals surface area (Å²) in [5, 5.41) is 9.36. The van der Waals surface area contributed by atoms with Crippen LogP contribution in [0.3, 0.4) is 0 Å². The summed E-state index contributed by atoms with van der Waals surface area (Å²) >= 11 is 0. The molecule has 1 aromatic carbocycles. The molecule has 0 aliphatic carbocycles. The number of rotatable bonds is 4. The van der Waals surface area contributed by atoms with E-state index < -0.39 is 59.2 Å². The highest BCUT2D eigenvalue weighted by Gasteiger charge is 2.66. The molecule has 26 heavy (non-hydrogen) atoms. The Morgan fingerprint density at radius 1 is 1.31 bits per heavy atom. The average Bonchev–Trinajstić information content (AvgIpc) is 2.77. The van der Waals surface area contributed by atoms with Gasteiger partial charge < -0.3 is 14.6 Å². The lowest BCUT2D eigenvalue weighted by Gasteiger charge is -2.32. The van der Waals surface area contributed by atoms with Crippen LogP contribution in [0, 0.1) is 17.6 Å². The number of carboxylic acid groups (broad SMARTS) is 1. The Bertz CT molecular complexity index is 703. The summed E-state index contributed by atoms with van der Waals surface area (Å²) in [6, 6.07) is 1.77. The molecule has 0 amide bonds. The summed E-state index contributed by atoms with van der Waals surface area (Å²) in [4.78, 5) is 11.5. The number of ether oxygens (including phenoxy) is 2. The van der Waals surface area contributed by atoms with Crippen LogP contribution in [0.4, 0.5) is 22.0 Å². The highest BCUT2D eigenvalue weighted by Crippen LogP contribution is 2.54. The van der Waals surface area contributed by atoms with E-state index >= 15 is 0 Å². The molecule has 1 aromatic rings. The largest absolute Gasteiger partial charge is 0.488 e. The van der Waals surface area contributed by atoms with Crippen molar-refractivity contribution >= 4 is 5.97 Å². The number of alkyl halides is 3. The first kappa shape index (κ1) is 20.4. The van der Waals surface area contributed by atoms with Gasteiger partial charge in [-0.3, -0.25) is 0 Å². The Morgan fingerprint density at radius 3 is 2.35 bits per heavy atom. The third-order valence-corrected chi connectivity index (χ3v) is 4.70. The summed E-state index contributed by atoms with van der Waals surface area (Å²) < 4.78 is 78.5. The van der Waals surface area contributed by atoms with Gasteiger partial charge >= 0.3 is 12.1 Å². The molecule has 146 valence electrons. The van der Waals surface area contributed by atoms with E-state index in [1.807, 2.05) is 0 Å². The van der Waals surface area contributed by atoms with Gasteiger partial charge in [-0.2, -0.15) is 17.6 Å². The second-order valence-electron chi connectivity index (χ2n) is 6.74. The van der Waals surface area contributed by atoms with E-state index in [4.69, 9.17) is 9.47 Å². The van der Waals surface area contributed by atoms with Gasteiger partial charge in [-0.05, 0) is 26.8 Å². The van der Waals surface area contributed by atoms with Crippen molar-refractivity contribution in [3.8, 4) is 5.75 Å². The monoisotopic (exact) mass is 382 g/mol. The third kappa shape index (κ3) is 3.24. The topological polar surface area (TPSA) is 55.8 Å². The van der Waals surface area contributed by atoms with Gasteiger partial charge in [-0.25, -0.2) is 9.18 Å².